The molecule has 5 rings (SSSR count). The van der Waals surface area contributed by atoms with Crippen molar-refractivity contribution in [3.63, 3.8) is 0 Å². The Balaban J connectivity index is 0.00000461. The van der Waals surface area contributed by atoms with E-state index in [0.717, 1.165) is 22.0 Å². The Hall–Kier alpha value is -4.07. The fraction of sp³-hybridized carbons (Fsp3) is 0.290. The van der Waals surface area contributed by atoms with Crippen LogP contribution in [0.2, 0.25) is 0 Å². The lowest BCUT2D eigenvalue weighted by atomic mass is 9.98. The van der Waals surface area contributed by atoms with Crippen LogP contribution in [0.3, 0.4) is 0 Å². The third-order valence-electron chi connectivity index (χ3n) is 7.43. The van der Waals surface area contributed by atoms with Gasteiger partial charge in [-0.05, 0) is 41.8 Å². The fourth-order valence-electron chi connectivity index (χ4n) is 5.31. The van der Waals surface area contributed by atoms with E-state index >= 15 is 0 Å². The normalized spacial score (nSPS) is 16.0. The minimum absolute atomic E-state index is 0. The maximum atomic E-state index is 13.6. The minimum Gasteiger partial charge on any atom is -0.361 e. The van der Waals surface area contributed by atoms with Crippen LogP contribution < -0.4 is 5.48 Å². The third-order valence-corrected chi connectivity index (χ3v) is 7.43. The number of hydroxylamine groups is 1. The fourth-order valence-corrected chi connectivity index (χ4v) is 5.31. The van der Waals surface area contributed by atoms with E-state index in [-0.39, 0.29) is 57.7 Å². The SMILES string of the molecule is Cl.O=C(CN1CCN(C(=O)c2cc(C(F)(F)F)cc(C(F)(F)F)c2)C(Cc2c[nH]c3ccccc23)C1)NOCc1ccccc1. The molecule has 3 aromatic carbocycles. The van der Waals surface area contributed by atoms with Crippen molar-refractivity contribution < 1.29 is 40.8 Å². The number of carbonyl (C=O) groups excluding carboxylic acids is 2. The summed E-state index contributed by atoms with van der Waals surface area (Å²) in [5.74, 6) is -1.40. The first kappa shape index (κ1) is 33.8. The van der Waals surface area contributed by atoms with Gasteiger partial charge in [-0.2, -0.15) is 26.3 Å². The van der Waals surface area contributed by atoms with Gasteiger partial charge in [-0.25, -0.2) is 5.48 Å². The standard InChI is InChI=1S/C31H28F6N4O3.ClH/c32-30(33,34)23-12-21(13-24(15-23)31(35,36)37)29(43)41-11-10-40(18-28(42)39-44-19-20-6-2-1-3-7-20)17-25(41)14-22-16-38-27-9-5-4-8-26(22)27;/h1-9,12-13,15-16,25,38H,10-11,14,17-19H2,(H,39,42);1H. The second-order valence-electron chi connectivity index (χ2n) is 10.5. The Bertz CT molecular complexity index is 1590. The molecule has 0 spiro atoms. The van der Waals surface area contributed by atoms with Crippen molar-refractivity contribution in [3.8, 4) is 0 Å². The molecule has 1 aliphatic rings. The molecule has 0 aliphatic carbocycles. The number of aromatic amines is 1. The van der Waals surface area contributed by atoms with Crippen molar-refractivity contribution in [3.05, 3.63) is 107 Å². The van der Waals surface area contributed by atoms with Gasteiger partial charge in [0.1, 0.15) is 0 Å². The highest BCUT2D eigenvalue weighted by molar-refractivity contribution is 5.95. The van der Waals surface area contributed by atoms with Crippen LogP contribution in [-0.4, -0.2) is 58.8 Å². The van der Waals surface area contributed by atoms with Crippen LogP contribution in [0.25, 0.3) is 10.9 Å². The van der Waals surface area contributed by atoms with Crippen molar-refractivity contribution in [1.29, 1.82) is 0 Å². The van der Waals surface area contributed by atoms with Crippen LogP contribution in [0.5, 0.6) is 0 Å². The number of H-pyrrole nitrogens is 1. The molecule has 1 unspecified atom stereocenters. The summed E-state index contributed by atoms with van der Waals surface area (Å²) in [6.07, 6.45) is -8.19. The van der Waals surface area contributed by atoms with E-state index in [2.05, 4.69) is 10.5 Å². The van der Waals surface area contributed by atoms with E-state index in [1.807, 2.05) is 54.6 Å². The molecule has 14 heteroatoms. The number of amides is 2. The van der Waals surface area contributed by atoms with E-state index in [0.29, 0.717) is 12.1 Å². The van der Waals surface area contributed by atoms with Gasteiger partial charge in [0, 0.05) is 48.3 Å². The molecule has 240 valence electrons. The van der Waals surface area contributed by atoms with E-state index < -0.39 is 46.9 Å². The van der Waals surface area contributed by atoms with E-state index in [1.54, 1.807) is 11.1 Å². The maximum absolute atomic E-state index is 13.6. The number of para-hydroxylation sites is 1. The first-order valence-electron chi connectivity index (χ1n) is 13.7. The summed E-state index contributed by atoms with van der Waals surface area (Å²) in [5.41, 5.74) is 1.04. The lowest BCUT2D eigenvalue weighted by molar-refractivity contribution is -0.143. The monoisotopic (exact) mass is 654 g/mol. The Labute approximate surface area is 260 Å². The molecule has 45 heavy (non-hydrogen) atoms. The molecule has 0 saturated carbocycles. The zero-order valence-corrected chi connectivity index (χ0v) is 24.4. The van der Waals surface area contributed by atoms with Crippen LogP contribution in [0, 0.1) is 0 Å². The van der Waals surface area contributed by atoms with Crippen LogP contribution >= 0.6 is 12.4 Å². The lowest BCUT2D eigenvalue weighted by Gasteiger charge is -2.41. The zero-order valence-electron chi connectivity index (χ0n) is 23.6. The minimum atomic E-state index is -5.09. The van der Waals surface area contributed by atoms with Gasteiger partial charge < -0.3 is 9.88 Å². The predicted octanol–water partition coefficient (Wildman–Crippen LogP) is 6.24. The average molecular weight is 655 g/mol. The molecule has 0 bridgehead atoms. The summed E-state index contributed by atoms with van der Waals surface area (Å²) >= 11 is 0. The quantitative estimate of drug-likeness (QED) is 0.174. The summed E-state index contributed by atoms with van der Waals surface area (Å²) in [6.45, 7) is 0.329. The van der Waals surface area contributed by atoms with Gasteiger partial charge in [0.25, 0.3) is 11.8 Å². The van der Waals surface area contributed by atoms with Crippen LogP contribution in [0.4, 0.5) is 26.3 Å². The van der Waals surface area contributed by atoms with Gasteiger partial charge in [0.05, 0.1) is 24.3 Å². The number of benzene rings is 3. The third kappa shape index (κ3) is 8.35. The summed E-state index contributed by atoms with van der Waals surface area (Å²) in [7, 11) is 0. The van der Waals surface area contributed by atoms with E-state index in [9.17, 15) is 35.9 Å². The molecule has 1 fully saturated rings. The van der Waals surface area contributed by atoms with E-state index in [1.165, 1.54) is 4.90 Å². The Morgan fingerprint density at radius 1 is 0.889 bits per heavy atom. The maximum Gasteiger partial charge on any atom is 0.416 e. The number of hydrogen-bond acceptors (Lipinski definition) is 4. The van der Waals surface area contributed by atoms with Gasteiger partial charge in [0.15, 0.2) is 0 Å². The smallest absolute Gasteiger partial charge is 0.361 e. The summed E-state index contributed by atoms with van der Waals surface area (Å²) in [6, 6.07) is 16.8. The number of fused-ring (bicyclic) bond motifs is 1. The van der Waals surface area contributed by atoms with Crippen molar-refractivity contribution >= 4 is 35.1 Å². The van der Waals surface area contributed by atoms with Gasteiger partial charge in [-0.3, -0.25) is 19.3 Å². The Morgan fingerprint density at radius 2 is 1.53 bits per heavy atom. The number of halogens is 7. The molecule has 1 aliphatic heterocycles. The van der Waals surface area contributed by atoms with Gasteiger partial charge in [0.2, 0.25) is 0 Å². The van der Waals surface area contributed by atoms with Crippen molar-refractivity contribution in [2.45, 2.75) is 31.4 Å². The predicted molar refractivity (Wildman–Crippen MR) is 156 cm³/mol. The molecular weight excluding hydrogens is 626 g/mol. The number of nitrogens with zero attached hydrogens (tertiary/aromatic N) is 2. The highest BCUT2D eigenvalue weighted by Gasteiger charge is 2.39. The number of carbonyl (C=O) groups is 2. The first-order chi connectivity index (χ1) is 20.9. The number of hydrogen-bond donors (Lipinski definition) is 2. The molecule has 7 nitrogen and oxygen atoms in total. The van der Waals surface area contributed by atoms with Gasteiger partial charge >= 0.3 is 12.4 Å². The highest BCUT2D eigenvalue weighted by atomic mass is 35.5. The highest BCUT2D eigenvalue weighted by Crippen LogP contribution is 2.37. The molecule has 1 aromatic heterocycles. The van der Waals surface area contributed by atoms with E-state index in [4.69, 9.17) is 4.84 Å². The number of nitrogens with one attached hydrogen (secondary N) is 2. The first-order valence-corrected chi connectivity index (χ1v) is 13.7. The molecular formula is C31H29ClF6N4O3. The molecule has 1 saturated heterocycles. The van der Waals surface area contributed by atoms with Crippen molar-refractivity contribution in [2.24, 2.45) is 0 Å². The summed E-state index contributed by atoms with van der Waals surface area (Å²) < 4.78 is 81.2. The number of piperazine rings is 1. The van der Waals surface area contributed by atoms with Crippen LogP contribution in [0.15, 0.2) is 79.0 Å². The topological polar surface area (TPSA) is 77.7 Å². The Kier molecular flexibility index (Phi) is 10.5. The van der Waals surface area contributed by atoms with Crippen LogP contribution in [0.1, 0.15) is 32.6 Å². The molecule has 2 amide bonds. The van der Waals surface area contributed by atoms with Crippen LogP contribution in [-0.2, 0) is 35.0 Å². The second-order valence-corrected chi connectivity index (χ2v) is 10.5. The van der Waals surface area contributed by atoms with Crippen molar-refractivity contribution in [1.82, 2.24) is 20.3 Å². The zero-order chi connectivity index (χ0) is 31.5. The molecule has 2 N–H and O–H groups in total. The molecule has 1 atom stereocenters. The van der Waals surface area contributed by atoms with Gasteiger partial charge in [-0.15, -0.1) is 12.4 Å². The lowest BCUT2D eigenvalue weighted by Crippen LogP contribution is -2.57. The summed E-state index contributed by atoms with van der Waals surface area (Å²) in [5, 5.41) is 0.863. The van der Waals surface area contributed by atoms with Crippen molar-refractivity contribution in [2.75, 3.05) is 26.2 Å². The Morgan fingerprint density at radius 3 is 2.20 bits per heavy atom. The summed E-state index contributed by atoms with van der Waals surface area (Å²) in [4.78, 5) is 37.7. The molecule has 4 aromatic rings. The van der Waals surface area contributed by atoms with Gasteiger partial charge in [-0.1, -0.05) is 48.5 Å². The second kappa shape index (κ2) is 13.9. The number of aromatic nitrogens is 1. The molecule has 0 radical (unpaired) electrons. The largest absolute Gasteiger partial charge is 0.416 e. The number of alkyl halides is 6. The average Bonchev–Trinajstić information content (AvgIpc) is 3.39. The number of rotatable bonds is 8. The molecule has 2 heterocycles.